The van der Waals surface area contributed by atoms with Crippen molar-refractivity contribution in [3.05, 3.63) is 110 Å². The fourth-order valence-electron chi connectivity index (χ4n) is 5.08. The zero-order chi connectivity index (χ0) is 28.6. The van der Waals surface area contributed by atoms with E-state index in [1.165, 1.54) is 18.2 Å². The highest BCUT2D eigenvalue weighted by Gasteiger charge is 2.33. The zero-order valence-electron chi connectivity index (χ0n) is 22.5. The molecular formula is C31H30BrFN4O3. The van der Waals surface area contributed by atoms with E-state index in [1.807, 2.05) is 57.2 Å². The lowest BCUT2D eigenvalue weighted by Crippen LogP contribution is -2.43. The minimum absolute atomic E-state index is 0.0390. The van der Waals surface area contributed by atoms with Crippen molar-refractivity contribution in [1.29, 1.82) is 0 Å². The molecule has 40 heavy (non-hydrogen) atoms. The van der Waals surface area contributed by atoms with Crippen LogP contribution in [0.2, 0.25) is 0 Å². The van der Waals surface area contributed by atoms with Gasteiger partial charge in [-0.2, -0.15) is 0 Å². The monoisotopic (exact) mass is 604 g/mol. The predicted molar refractivity (Wildman–Crippen MR) is 158 cm³/mol. The van der Waals surface area contributed by atoms with Gasteiger partial charge in [0.15, 0.2) is 0 Å². The number of furan rings is 1. The van der Waals surface area contributed by atoms with Gasteiger partial charge in [-0.3, -0.25) is 14.2 Å². The van der Waals surface area contributed by atoms with Gasteiger partial charge in [-0.05, 0) is 60.9 Å². The van der Waals surface area contributed by atoms with E-state index in [-0.39, 0.29) is 42.6 Å². The fourth-order valence-corrected chi connectivity index (χ4v) is 5.52. The van der Waals surface area contributed by atoms with Crippen LogP contribution in [0.5, 0.6) is 0 Å². The molecule has 0 aliphatic heterocycles. The van der Waals surface area contributed by atoms with Crippen molar-refractivity contribution in [3.63, 3.8) is 0 Å². The van der Waals surface area contributed by atoms with Crippen molar-refractivity contribution in [2.24, 2.45) is 11.7 Å². The van der Waals surface area contributed by atoms with Crippen LogP contribution in [-0.4, -0.2) is 33.4 Å². The van der Waals surface area contributed by atoms with Gasteiger partial charge in [0, 0.05) is 28.5 Å². The summed E-state index contributed by atoms with van der Waals surface area (Å²) in [6.07, 6.45) is 0. The van der Waals surface area contributed by atoms with Crippen molar-refractivity contribution in [1.82, 2.24) is 14.5 Å². The molecule has 0 saturated carbocycles. The molecule has 0 fully saturated rings. The smallest absolute Gasteiger partial charge is 0.297 e. The van der Waals surface area contributed by atoms with Gasteiger partial charge in [0.2, 0.25) is 5.58 Å². The van der Waals surface area contributed by atoms with E-state index in [1.54, 1.807) is 21.6 Å². The average molecular weight is 606 g/mol. The number of aromatic nitrogens is 2. The summed E-state index contributed by atoms with van der Waals surface area (Å²) in [5.74, 6) is -0.436. The molecule has 1 atom stereocenters. The summed E-state index contributed by atoms with van der Waals surface area (Å²) in [6, 6.07) is 18.5. The second-order valence-corrected chi connectivity index (χ2v) is 11.2. The van der Waals surface area contributed by atoms with E-state index < -0.39 is 17.4 Å². The summed E-state index contributed by atoms with van der Waals surface area (Å²) in [4.78, 5) is 34.6. The van der Waals surface area contributed by atoms with Crippen molar-refractivity contribution in [2.75, 3.05) is 13.1 Å². The van der Waals surface area contributed by atoms with Crippen molar-refractivity contribution >= 4 is 43.9 Å². The molecule has 9 heteroatoms. The summed E-state index contributed by atoms with van der Waals surface area (Å²) in [7, 11) is 0. The molecule has 3 aromatic carbocycles. The number of carbonyl (C=O) groups is 1. The van der Waals surface area contributed by atoms with E-state index in [0.717, 1.165) is 15.6 Å². The minimum atomic E-state index is -0.611. The van der Waals surface area contributed by atoms with Crippen LogP contribution in [0.4, 0.5) is 4.39 Å². The van der Waals surface area contributed by atoms with Gasteiger partial charge in [-0.25, -0.2) is 9.37 Å². The Morgan fingerprint density at radius 3 is 2.55 bits per heavy atom. The number of benzene rings is 3. The molecular weight excluding hydrogens is 575 g/mol. The van der Waals surface area contributed by atoms with E-state index in [4.69, 9.17) is 15.1 Å². The summed E-state index contributed by atoms with van der Waals surface area (Å²) in [5.41, 5.74) is 8.69. The van der Waals surface area contributed by atoms with Gasteiger partial charge in [0.05, 0.1) is 12.6 Å². The fraction of sp³-hybridized carbons (Fsp3) is 0.258. The van der Waals surface area contributed by atoms with Gasteiger partial charge >= 0.3 is 0 Å². The molecule has 5 rings (SSSR count). The first-order chi connectivity index (χ1) is 19.2. The molecule has 0 bridgehead atoms. The maximum atomic E-state index is 14.3. The summed E-state index contributed by atoms with van der Waals surface area (Å²) in [5, 5.41) is 0.403. The number of fused-ring (bicyclic) bond motifs is 3. The van der Waals surface area contributed by atoms with E-state index in [9.17, 15) is 14.0 Å². The summed E-state index contributed by atoms with van der Waals surface area (Å²) < 4.78 is 22.6. The highest BCUT2D eigenvalue weighted by molar-refractivity contribution is 9.10. The Hall–Kier alpha value is -3.82. The topological polar surface area (TPSA) is 94.4 Å². The Kier molecular flexibility index (Phi) is 7.87. The Morgan fingerprint density at radius 1 is 1.12 bits per heavy atom. The Bertz CT molecular complexity index is 1760. The molecule has 1 unspecified atom stereocenters. The number of carbonyl (C=O) groups excluding carboxylic acids is 1. The largest absolute Gasteiger partial charge is 0.448 e. The summed E-state index contributed by atoms with van der Waals surface area (Å²) in [6.45, 7) is 6.58. The highest BCUT2D eigenvalue weighted by Crippen LogP contribution is 2.33. The number of rotatable bonds is 8. The van der Waals surface area contributed by atoms with Gasteiger partial charge in [-0.1, -0.05) is 59.6 Å². The van der Waals surface area contributed by atoms with Crippen LogP contribution in [0.15, 0.2) is 80.4 Å². The first kappa shape index (κ1) is 27.7. The Labute approximate surface area is 239 Å². The molecule has 0 aliphatic rings. The Morgan fingerprint density at radius 2 is 1.88 bits per heavy atom. The van der Waals surface area contributed by atoms with Crippen LogP contribution in [0.3, 0.4) is 0 Å². The number of hydrogen-bond acceptors (Lipinski definition) is 5. The lowest BCUT2D eigenvalue weighted by molar-refractivity contribution is 0.0612. The molecule has 0 saturated heterocycles. The zero-order valence-corrected chi connectivity index (χ0v) is 24.1. The van der Waals surface area contributed by atoms with Gasteiger partial charge < -0.3 is 15.1 Å². The molecule has 206 valence electrons. The van der Waals surface area contributed by atoms with Crippen LogP contribution in [0, 0.1) is 18.7 Å². The number of amides is 1. The van der Waals surface area contributed by atoms with E-state index in [0.29, 0.717) is 22.4 Å². The maximum absolute atomic E-state index is 14.3. The Balaban J connectivity index is 1.77. The van der Waals surface area contributed by atoms with Crippen LogP contribution < -0.4 is 11.3 Å². The van der Waals surface area contributed by atoms with Crippen LogP contribution in [-0.2, 0) is 6.54 Å². The molecule has 2 heterocycles. The molecule has 0 radical (unpaired) electrons. The van der Waals surface area contributed by atoms with Crippen LogP contribution in [0.1, 0.15) is 47.2 Å². The first-order valence-electron chi connectivity index (χ1n) is 13.1. The molecule has 7 nitrogen and oxygen atoms in total. The molecule has 2 aromatic heterocycles. The molecule has 2 N–H and O–H groups in total. The van der Waals surface area contributed by atoms with Crippen molar-refractivity contribution < 1.29 is 13.6 Å². The summed E-state index contributed by atoms with van der Waals surface area (Å²) >= 11 is 3.50. The third kappa shape index (κ3) is 5.31. The number of halogens is 2. The second-order valence-electron chi connectivity index (χ2n) is 10.3. The number of nitrogens with zero attached hydrogens (tertiary/aromatic N) is 3. The normalized spacial score (nSPS) is 12.4. The van der Waals surface area contributed by atoms with Crippen molar-refractivity contribution in [2.45, 2.75) is 33.4 Å². The molecule has 5 aromatic rings. The average Bonchev–Trinajstić information content (AvgIpc) is 3.28. The maximum Gasteiger partial charge on any atom is 0.297 e. The van der Waals surface area contributed by atoms with E-state index >= 15 is 0 Å². The third-order valence-electron chi connectivity index (χ3n) is 6.96. The van der Waals surface area contributed by atoms with Crippen LogP contribution >= 0.6 is 15.9 Å². The SMILES string of the molecule is Cc1ccc(C(=O)N(CCN)C(c2nc3c(oc4ccc(F)cc43)c(=O)n2Cc2cccc(Br)c2)C(C)C)cc1. The molecule has 0 aliphatic carbocycles. The second kappa shape index (κ2) is 11.3. The van der Waals surface area contributed by atoms with Crippen LogP contribution in [0.25, 0.3) is 22.1 Å². The van der Waals surface area contributed by atoms with Gasteiger partial charge in [0.1, 0.15) is 22.7 Å². The minimum Gasteiger partial charge on any atom is -0.448 e. The molecule has 0 spiro atoms. The highest BCUT2D eigenvalue weighted by atomic mass is 79.9. The predicted octanol–water partition coefficient (Wildman–Crippen LogP) is 6.20. The first-order valence-corrected chi connectivity index (χ1v) is 13.9. The lowest BCUT2D eigenvalue weighted by Gasteiger charge is -2.35. The number of nitrogens with two attached hydrogens (primary N) is 1. The molecule has 1 amide bonds. The lowest BCUT2D eigenvalue weighted by atomic mass is 9.99. The van der Waals surface area contributed by atoms with Gasteiger partial charge in [-0.15, -0.1) is 0 Å². The third-order valence-corrected chi connectivity index (χ3v) is 7.45. The number of hydrogen-bond donors (Lipinski definition) is 1. The quantitative estimate of drug-likeness (QED) is 0.227. The van der Waals surface area contributed by atoms with E-state index in [2.05, 4.69) is 15.9 Å². The van der Waals surface area contributed by atoms with Crippen molar-refractivity contribution in [3.8, 4) is 0 Å². The standard InChI is InChI=1S/C31H30BrFN4O3/c1-18(2)27(36(14-13-34)30(38)21-9-7-19(3)8-10-21)29-35-26-24-16-23(33)11-12-25(24)40-28(26)31(39)37(29)17-20-5-4-6-22(32)15-20/h4-12,15-16,18,27H,13-14,17,34H2,1-3H3. The number of aryl methyl sites for hydroxylation is 1. The van der Waals surface area contributed by atoms with Gasteiger partial charge in [0.25, 0.3) is 11.5 Å².